The summed E-state index contributed by atoms with van der Waals surface area (Å²) in [4.78, 5) is 13.8. The summed E-state index contributed by atoms with van der Waals surface area (Å²) in [6, 6.07) is 5.18. The van der Waals surface area contributed by atoms with Gasteiger partial charge in [-0.3, -0.25) is 9.69 Å². The summed E-state index contributed by atoms with van der Waals surface area (Å²) >= 11 is 5.87. The predicted octanol–water partition coefficient (Wildman–Crippen LogP) is 1.71. The van der Waals surface area contributed by atoms with E-state index in [2.05, 4.69) is 5.32 Å². The zero-order valence-corrected chi connectivity index (χ0v) is 13.7. The first-order chi connectivity index (χ1) is 9.77. The van der Waals surface area contributed by atoms with E-state index in [1.54, 1.807) is 30.1 Å². The van der Waals surface area contributed by atoms with E-state index in [0.29, 0.717) is 11.4 Å². The molecule has 0 aliphatic carbocycles. The molecular formula is C14H19ClN2O3S. The molecule has 21 heavy (non-hydrogen) atoms. The third kappa shape index (κ3) is 4.43. The Morgan fingerprint density at radius 3 is 2.76 bits per heavy atom. The van der Waals surface area contributed by atoms with Crippen molar-refractivity contribution in [2.24, 2.45) is 0 Å². The van der Waals surface area contributed by atoms with Crippen LogP contribution in [0.2, 0.25) is 5.02 Å². The van der Waals surface area contributed by atoms with Gasteiger partial charge in [0, 0.05) is 16.8 Å². The number of sulfone groups is 1. The number of anilines is 1. The van der Waals surface area contributed by atoms with Crippen LogP contribution in [0.1, 0.15) is 12.0 Å². The zero-order chi connectivity index (χ0) is 15.6. The SMILES string of the molecule is Cc1cc(Cl)ccc1NC(=O)CN(C)C1CCS(=O)(=O)C1. The van der Waals surface area contributed by atoms with E-state index in [9.17, 15) is 13.2 Å². The van der Waals surface area contributed by atoms with E-state index in [1.807, 2.05) is 6.92 Å². The van der Waals surface area contributed by atoms with E-state index in [1.165, 1.54) is 0 Å². The molecule has 7 heteroatoms. The first-order valence-electron chi connectivity index (χ1n) is 6.73. The monoisotopic (exact) mass is 330 g/mol. The van der Waals surface area contributed by atoms with E-state index in [0.717, 1.165) is 11.3 Å². The molecule has 5 nitrogen and oxygen atoms in total. The molecule has 0 spiro atoms. The van der Waals surface area contributed by atoms with Gasteiger partial charge in [0.25, 0.3) is 0 Å². The van der Waals surface area contributed by atoms with Crippen molar-refractivity contribution in [3.63, 3.8) is 0 Å². The van der Waals surface area contributed by atoms with Crippen molar-refractivity contribution in [3.8, 4) is 0 Å². The highest BCUT2D eigenvalue weighted by atomic mass is 35.5. The fourth-order valence-corrected chi connectivity index (χ4v) is 4.47. The predicted molar refractivity (Wildman–Crippen MR) is 84.5 cm³/mol. The van der Waals surface area contributed by atoms with Gasteiger partial charge in [-0.2, -0.15) is 0 Å². The number of benzene rings is 1. The van der Waals surface area contributed by atoms with Crippen molar-refractivity contribution in [1.82, 2.24) is 4.90 Å². The lowest BCUT2D eigenvalue weighted by Crippen LogP contribution is -2.38. The van der Waals surface area contributed by atoms with Gasteiger partial charge in [0.15, 0.2) is 9.84 Å². The number of nitrogens with zero attached hydrogens (tertiary/aromatic N) is 1. The second-order valence-electron chi connectivity index (χ2n) is 5.48. The van der Waals surface area contributed by atoms with Crippen molar-refractivity contribution in [2.75, 3.05) is 30.4 Å². The second-order valence-corrected chi connectivity index (χ2v) is 8.14. The molecular weight excluding hydrogens is 312 g/mol. The summed E-state index contributed by atoms with van der Waals surface area (Å²) < 4.78 is 22.9. The standard InChI is InChI=1S/C14H19ClN2O3S/c1-10-7-11(15)3-4-13(10)16-14(18)8-17(2)12-5-6-21(19,20)9-12/h3-4,7,12H,5-6,8-9H2,1-2H3,(H,16,18). The minimum Gasteiger partial charge on any atom is -0.325 e. The third-order valence-corrected chi connectivity index (χ3v) is 5.67. The van der Waals surface area contributed by atoms with Crippen LogP contribution in [-0.4, -0.2) is 50.4 Å². The lowest BCUT2D eigenvalue weighted by atomic mass is 10.2. The van der Waals surface area contributed by atoms with Crippen LogP contribution < -0.4 is 5.32 Å². The number of hydrogen-bond acceptors (Lipinski definition) is 4. The Bertz CT molecular complexity index is 646. The number of amides is 1. The molecule has 1 aliphatic rings. The van der Waals surface area contributed by atoms with Crippen LogP contribution in [0.25, 0.3) is 0 Å². The van der Waals surface area contributed by atoms with Crippen molar-refractivity contribution < 1.29 is 13.2 Å². The molecule has 0 saturated carbocycles. The van der Waals surface area contributed by atoms with Crippen LogP contribution >= 0.6 is 11.6 Å². The fourth-order valence-electron chi connectivity index (χ4n) is 2.44. The Hall–Kier alpha value is -1.11. The second kappa shape index (κ2) is 6.34. The Balaban J connectivity index is 1.92. The lowest BCUT2D eigenvalue weighted by molar-refractivity contribution is -0.117. The average molecular weight is 331 g/mol. The summed E-state index contributed by atoms with van der Waals surface area (Å²) in [5.41, 5.74) is 1.61. The number of rotatable bonds is 4. The number of carbonyl (C=O) groups is 1. The summed E-state index contributed by atoms with van der Waals surface area (Å²) in [7, 11) is -1.16. The van der Waals surface area contributed by atoms with Gasteiger partial charge in [-0.15, -0.1) is 0 Å². The van der Waals surface area contributed by atoms with Gasteiger partial charge in [-0.05, 0) is 44.2 Å². The number of nitrogens with one attached hydrogen (secondary N) is 1. The van der Waals surface area contributed by atoms with Gasteiger partial charge in [-0.1, -0.05) is 11.6 Å². The van der Waals surface area contributed by atoms with Gasteiger partial charge in [0.1, 0.15) is 0 Å². The smallest absolute Gasteiger partial charge is 0.238 e. The molecule has 1 N–H and O–H groups in total. The number of carbonyl (C=O) groups excluding carboxylic acids is 1. The van der Waals surface area contributed by atoms with Crippen LogP contribution in [0, 0.1) is 6.92 Å². The molecule has 0 radical (unpaired) electrons. The molecule has 1 fully saturated rings. The van der Waals surface area contributed by atoms with E-state index >= 15 is 0 Å². The van der Waals surface area contributed by atoms with Crippen molar-refractivity contribution in [2.45, 2.75) is 19.4 Å². The highest BCUT2D eigenvalue weighted by molar-refractivity contribution is 7.91. The van der Waals surface area contributed by atoms with Crippen molar-refractivity contribution in [3.05, 3.63) is 28.8 Å². The van der Waals surface area contributed by atoms with Crippen LogP contribution in [0.3, 0.4) is 0 Å². The van der Waals surface area contributed by atoms with E-state index < -0.39 is 9.84 Å². The fraction of sp³-hybridized carbons (Fsp3) is 0.500. The van der Waals surface area contributed by atoms with Crippen LogP contribution in [0.4, 0.5) is 5.69 Å². The van der Waals surface area contributed by atoms with Gasteiger partial charge in [-0.25, -0.2) is 8.42 Å². The maximum absolute atomic E-state index is 12.0. The maximum atomic E-state index is 12.0. The molecule has 1 amide bonds. The van der Waals surface area contributed by atoms with Gasteiger partial charge >= 0.3 is 0 Å². The largest absolute Gasteiger partial charge is 0.325 e. The number of hydrogen-bond donors (Lipinski definition) is 1. The Morgan fingerprint density at radius 2 is 2.19 bits per heavy atom. The molecule has 1 aliphatic heterocycles. The summed E-state index contributed by atoms with van der Waals surface area (Å²) in [6.07, 6.45) is 0.589. The first-order valence-corrected chi connectivity index (χ1v) is 8.93. The topological polar surface area (TPSA) is 66.5 Å². The third-order valence-electron chi connectivity index (χ3n) is 3.69. The van der Waals surface area contributed by atoms with Gasteiger partial charge in [0.2, 0.25) is 5.91 Å². The normalized spacial score (nSPS) is 20.7. The quantitative estimate of drug-likeness (QED) is 0.912. The summed E-state index contributed by atoms with van der Waals surface area (Å²) in [6.45, 7) is 2.04. The zero-order valence-electron chi connectivity index (χ0n) is 12.1. The van der Waals surface area contributed by atoms with Gasteiger partial charge in [0.05, 0.1) is 18.1 Å². The van der Waals surface area contributed by atoms with Gasteiger partial charge < -0.3 is 5.32 Å². The number of aryl methyl sites for hydroxylation is 1. The van der Waals surface area contributed by atoms with Crippen molar-refractivity contribution >= 4 is 33.0 Å². The summed E-state index contributed by atoms with van der Waals surface area (Å²) in [5, 5.41) is 3.45. The molecule has 1 atom stereocenters. The molecule has 0 bridgehead atoms. The maximum Gasteiger partial charge on any atom is 0.238 e. The lowest BCUT2D eigenvalue weighted by Gasteiger charge is -2.22. The molecule has 2 rings (SSSR count). The highest BCUT2D eigenvalue weighted by Gasteiger charge is 2.31. The van der Waals surface area contributed by atoms with E-state index in [4.69, 9.17) is 11.6 Å². The minimum atomic E-state index is -2.93. The highest BCUT2D eigenvalue weighted by Crippen LogP contribution is 2.20. The number of halogens is 1. The van der Waals surface area contributed by atoms with Crippen LogP contribution in [0.15, 0.2) is 18.2 Å². The molecule has 1 saturated heterocycles. The number of likely N-dealkylation sites (N-methyl/N-ethyl adjacent to an activating group) is 1. The Labute approximate surface area is 130 Å². The first kappa shape index (κ1) is 16.3. The Kier molecular flexibility index (Phi) is 4.91. The van der Waals surface area contributed by atoms with Crippen LogP contribution in [-0.2, 0) is 14.6 Å². The molecule has 116 valence electrons. The molecule has 1 unspecified atom stereocenters. The van der Waals surface area contributed by atoms with Crippen LogP contribution in [0.5, 0.6) is 0 Å². The minimum absolute atomic E-state index is 0.0768. The molecule has 1 aromatic rings. The Morgan fingerprint density at radius 1 is 1.48 bits per heavy atom. The molecule has 1 heterocycles. The molecule has 0 aromatic heterocycles. The average Bonchev–Trinajstić information content (AvgIpc) is 2.73. The summed E-state index contributed by atoms with van der Waals surface area (Å²) in [5.74, 6) is 0.184. The van der Waals surface area contributed by atoms with Crippen molar-refractivity contribution in [1.29, 1.82) is 0 Å². The van der Waals surface area contributed by atoms with E-state index in [-0.39, 0.29) is 30.0 Å². The molecule has 1 aromatic carbocycles.